The largest absolute Gasteiger partial charge is 0.381 e. The molecule has 0 aliphatic carbocycles. The van der Waals surface area contributed by atoms with E-state index in [2.05, 4.69) is 17.1 Å². The molecule has 2 heterocycles. The van der Waals surface area contributed by atoms with Gasteiger partial charge in [-0.25, -0.2) is 8.42 Å². The van der Waals surface area contributed by atoms with E-state index >= 15 is 0 Å². The third-order valence-corrected chi connectivity index (χ3v) is 6.40. The molecule has 0 amide bonds. The average molecular weight is 507 g/mol. The van der Waals surface area contributed by atoms with Gasteiger partial charge < -0.3 is 15.0 Å². The Hall–Kier alpha value is -0.870. The maximum absolute atomic E-state index is 11.5. The van der Waals surface area contributed by atoms with E-state index in [1.807, 2.05) is 12.1 Å². The van der Waals surface area contributed by atoms with E-state index in [-0.39, 0.29) is 24.0 Å². The fourth-order valence-corrected chi connectivity index (χ4v) is 4.34. The Morgan fingerprint density at radius 1 is 1.30 bits per heavy atom. The number of guanidine groups is 1. The summed E-state index contributed by atoms with van der Waals surface area (Å²) in [5.74, 6) is 0.976. The molecule has 6 nitrogen and oxygen atoms in total. The zero-order valence-corrected chi connectivity index (χ0v) is 19.3. The van der Waals surface area contributed by atoms with Crippen LogP contribution in [0.3, 0.4) is 0 Å². The molecular weight excluding hydrogens is 477 g/mol. The van der Waals surface area contributed by atoms with Crippen molar-refractivity contribution in [1.29, 1.82) is 0 Å². The molecule has 2 saturated heterocycles. The molecule has 1 N–H and O–H groups in total. The molecule has 1 atom stereocenters. The van der Waals surface area contributed by atoms with Gasteiger partial charge >= 0.3 is 0 Å². The van der Waals surface area contributed by atoms with Crippen LogP contribution in [0.1, 0.15) is 25.3 Å². The van der Waals surface area contributed by atoms with E-state index in [1.165, 1.54) is 12.7 Å². The summed E-state index contributed by atoms with van der Waals surface area (Å²) in [6, 6.07) is 7.09. The molecule has 1 unspecified atom stereocenters. The first-order valence-electron chi connectivity index (χ1n) is 9.32. The van der Waals surface area contributed by atoms with Crippen LogP contribution in [0.2, 0.25) is 0 Å². The first-order valence-corrected chi connectivity index (χ1v) is 11.2. The van der Waals surface area contributed by atoms with Gasteiger partial charge in [-0.05, 0) is 43.9 Å². The van der Waals surface area contributed by atoms with E-state index < -0.39 is 9.84 Å². The van der Waals surface area contributed by atoms with Gasteiger partial charge in [0.1, 0.15) is 0 Å². The highest BCUT2D eigenvalue weighted by atomic mass is 127. The highest BCUT2D eigenvalue weighted by Crippen LogP contribution is 2.38. The van der Waals surface area contributed by atoms with Crippen molar-refractivity contribution in [3.8, 4) is 0 Å². The molecule has 152 valence electrons. The molecule has 27 heavy (non-hydrogen) atoms. The summed E-state index contributed by atoms with van der Waals surface area (Å²) in [6.45, 7) is 7.41. The Kier molecular flexibility index (Phi) is 7.94. The van der Waals surface area contributed by atoms with Crippen molar-refractivity contribution in [2.75, 3.05) is 45.6 Å². The third-order valence-electron chi connectivity index (χ3n) is 5.27. The number of hydrogen-bond donors (Lipinski definition) is 1. The van der Waals surface area contributed by atoms with Crippen LogP contribution in [0.4, 0.5) is 0 Å². The van der Waals surface area contributed by atoms with Gasteiger partial charge in [-0.2, -0.15) is 0 Å². The van der Waals surface area contributed by atoms with Crippen molar-refractivity contribution in [2.45, 2.75) is 31.1 Å². The summed E-state index contributed by atoms with van der Waals surface area (Å²) in [5.41, 5.74) is 1.41. The van der Waals surface area contributed by atoms with Crippen LogP contribution in [0.5, 0.6) is 0 Å². The van der Waals surface area contributed by atoms with E-state index in [4.69, 9.17) is 9.73 Å². The Morgan fingerprint density at radius 2 is 2.04 bits per heavy atom. The summed E-state index contributed by atoms with van der Waals surface area (Å²) in [7, 11) is -3.14. The second-order valence-corrected chi connectivity index (χ2v) is 9.39. The normalized spacial score (nSPS) is 22.9. The number of sulfone groups is 1. The smallest absolute Gasteiger partial charge is 0.193 e. The topological polar surface area (TPSA) is 71.0 Å². The number of benzene rings is 1. The number of likely N-dealkylation sites (tertiary alicyclic amines) is 1. The van der Waals surface area contributed by atoms with Crippen molar-refractivity contribution in [3.63, 3.8) is 0 Å². The van der Waals surface area contributed by atoms with Gasteiger partial charge in [0.25, 0.3) is 0 Å². The van der Waals surface area contributed by atoms with Crippen LogP contribution < -0.4 is 5.32 Å². The molecule has 1 spiro atoms. The highest BCUT2D eigenvalue weighted by Gasteiger charge is 2.42. The lowest BCUT2D eigenvalue weighted by Gasteiger charge is -2.25. The Bertz CT molecular complexity index is 744. The van der Waals surface area contributed by atoms with Crippen LogP contribution >= 0.6 is 24.0 Å². The molecule has 2 fully saturated rings. The second-order valence-electron chi connectivity index (χ2n) is 7.38. The second kappa shape index (κ2) is 9.56. The molecule has 0 aromatic heterocycles. The van der Waals surface area contributed by atoms with Gasteiger partial charge in [0.2, 0.25) is 0 Å². The SMILES string of the molecule is CCNC(=NCCc1ccc(S(C)(=O)=O)cc1)N1CCC2(CCOC2)C1.I. The van der Waals surface area contributed by atoms with E-state index in [9.17, 15) is 8.42 Å². The predicted octanol–water partition coefficient (Wildman–Crippen LogP) is 2.33. The van der Waals surface area contributed by atoms with Crippen molar-refractivity contribution in [1.82, 2.24) is 10.2 Å². The fraction of sp³-hybridized carbons (Fsp3) is 0.632. The quantitative estimate of drug-likeness (QED) is 0.377. The van der Waals surface area contributed by atoms with Gasteiger partial charge in [-0.1, -0.05) is 12.1 Å². The van der Waals surface area contributed by atoms with Crippen LogP contribution in [0.15, 0.2) is 34.2 Å². The van der Waals surface area contributed by atoms with E-state index in [0.29, 0.717) is 16.9 Å². The number of nitrogens with one attached hydrogen (secondary N) is 1. The molecule has 2 aliphatic rings. The van der Waals surface area contributed by atoms with Crippen LogP contribution in [0.25, 0.3) is 0 Å². The van der Waals surface area contributed by atoms with Gasteiger partial charge in [-0.3, -0.25) is 4.99 Å². The minimum Gasteiger partial charge on any atom is -0.381 e. The number of rotatable bonds is 5. The Balaban J connectivity index is 0.00000261. The van der Waals surface area contributed by atoms with E-state index in [0.717, 1.165) is 57.2 Å². The van der Waals surface area contributed by atoms with Crippen molar-refractivity contribution >= 4 is 39.8 Å². The van der Waals surface area contributed by atoms with Crippen LogP contribution in [-0.2, 0) is 21.0 Å². The molecule has 2 aliphatic heterocycles. The molecule has 0 radical (unpaired) electrons. The Morgan fingerprint density at radius 3 is 2.63 bits per heavy atom. The fourth-order valence-electron chi connectivity index (χ4n) is 3.71. The third kappa shape index (κ3) is 5.80. The minimum absolute atomic E-state index is 0. The van der Waals surface area contributed by atoms with Crippen molar-refractivity contribution in [3.05, 3.63) is 29.8 Å². The molecule has 1 aromatic carbocycles. The first kappa shape index (κ1) is 22.4. The predicted molar refractivity (Wildman–Crippen MR) is 119 cm³/mol. The highest BCUT2D eigenvalue weighted by molar-refractivity contribution is 14.0. The summed E-state index contributed by atoms with van der Waals surface area (Å²) in [4.78, 5) is 7.50. The zero-order chi connectivity index (χ0) is 18.6. The molecular formula is C19H30IN3O3S. The zero-order valence-electron chi connectivity index (χ0n) is 16.1. The van der Waals surface area contributed by atoms with E-state index in [1.54, 1.807) is 12.1 Å². The molecule has 1 aromatic rings. The molecule has 0 saturated carbocycles. The van der Waals surface area contributed by atoms with Crippen LogP contribution in [0, 0.1) is 5.41 Å². The lowest BCUT2D eigenvalue weighted by atomic mass is 9.87. The maximum atomic E-state index is 11.5. The number of nitrogens with zero attached hydrogens (tertiary/aromatic N) is 2. The molecule has 0 bridgehead atoms. The van der Waals surface area contributed by atoms with Crippen molar-refractivity contribution in [2.24, 2.45) is 10.4 Å². The summed E-state index contributed by atoms with van der Waals surface area (Å²) < 4.78 is 28.7. The maximum Gasteiger partial charge on any atom is 0.193 e. The minimum atomic E-state index is -3.14. The standard InChI is InChI=1S/C19H29N3O3S.HI/c1-3-20-18(22-12-9-19(14-22)10-13-25-15-19)21-11-8-16-4-6-17(7-5-16)26(2,23)24;/h4-7H,3,8-15H2,1-2H3,(H,20,21);1H. The summed E-state index contributed by atoms with van der Waals surface area (Å²) in [6.07, 6.45) is 4.34. The van der Waals surface area contributed by atoms with Gasteiger partial charge in [0.05, 0.1) is 11.5 Å². The van der Waals surface area contributed by atoms with Crippen LogP contribution in [-0.4, -0.2) is 64.9 Å². The number of hydrogen-bond acceptors (Lipinski definition) is 4. The number of ether oxygens (including phenoxy) is 1. The van der Waals surface area contributed by atoms with Gasteiger partial charge in [0.15, 0.2) is 15.8 Å². The number of aliphatic imine (C=N–C) groups is 1. The monoisotopic (exact) mass is 507 g/mol. The van der Waals surface area contributed by atoms with Crippen molar-refractivity contribution < 1.29 is 13.2 Å². The van der Waals surface area contributed by atoms with Gasteiger partial charge in [0, 0.05) is 44.5 Å². The van der Waals surface area contributed by atoms with Gasteiger partial charge in [-0.15, -0.1) is 24.0 Å². The lowest BCUT2D eigenvalue weighted by molar-refractivity contribution is 0.156. The molecule has 3 rings (SSSR count). The average Bonchev–Trinajstić information content (AvgIpc) is 3.24. The molecule has 8 heteroatoms. The Labute approximate surface area is 179 Å². The first-order chi connectivity index (χ1) is 12.4. The summed E-state index contributed by atoms with van der Waals surface area (Å²) in [5, 5.41) is 3.40. The lowest BCUT2D eigenvalue weighted by Crippen LogP contribution is -2.41. The summed E-state index contributed by atoms with van der Waals surface area (Å²) >= 11 is 0. The number of halogens is 1.